The van der Waals surface area contributed by atoms with Crippen LogP contribution in [-0.2, 0) is 14.3 Å². The molecule has 6 heteroatoms. The van der Waals surface area contributed by atoms with E-state index in [-0.39, 0.29) is 36.1 Å². The number of allylic oxidation sites excluding steroid dienone is 3. The van der Waals surface area contributed by atoms with Crippen molar-refractivity contribution >= 4 is 11.6 Å². The van der Waals surface area contributed by atoms with Crippen molar-refractivity contribution in [2.45, 2.75) is 76.4 Å². The first-order chi connectivity index (χ1) is 13.6. The number of hydrogen-bond acceptors (Lipinski definition) is 5. The monoisotopic (exact) mass is 406 g/mol. The third-order valence-corrected chi connectivity index (χ3v) is 8.34. The van der Waals surface area contributed by atoms with E-state index >= 15 is 4.39 Å². The fraction of sp³-hybridized carbons (Fsp3) is 0.739. The molecule has 160 valence electrons. The summed E-state index contributed by atoms with van der Waals surface area (Å²) in [6.07, 6.45) is 5.76. The van der Waals surface area contributed by atoms with Gasteiger partial charge in [-0.1, -0.05) is 26.8 Å². The zero-order valence-corrected chi connectivity index (χ0v) is 17.4. The van der Waals surface area contributed by atoms with Crippen molar-refractivity contribution < 1.29 is 28.9 Å². The molecule has 29 heavy (non-hydrogen) atoms. The third-order valence-electron chi connectivity index (χ3n) is 8.34. The van der Waals surface area contributed by atoms with Gasteiger partial charge in [-0.15, -0.1) is 0 Å². The molecule has 8 atom stereocenters. The van der Waals surface area contributed by atoms with E-state index in [4.69, 9.17) is 4.74 Å². The summed E-state index contributed by atoms with van der Waals surface area (Å²) in [5, 5.41) is 20.9. The minimum absolute atomic E-state index is 0.0627. The van der Waals surface area contributed by atoms with Gasteiger partial charge in [-0.05, 0) is 61.2 Å². The lowest BCUT2D eigenvalue weighted by Crippen LogP contribution is -2.60. The summed E-state index contributed by atoms with van der Waals surface area (Å²) < 4.78 is 21.2. The topological polar surface area (TPSA) is 87.1 Å². The Morgan fingerprint density at radius 2 is 2.03 bits per heavy atom. The van der Waals surface area contributed by atoms with E-state index in [0.717, 1.165) is 6.42 Å². The van der Waals surface area contributed by atoms with Gasteiger partial charge in [0.25, 0.3) is 0 Å². The van der Waals surface area contributed by atoms with Crippen molar-refractivity contribution in [1.29, 1.82) is 0 Å². The van der Waals surface area contributed by atoms with E-state index in [9.17, 15) is 19.8 Å². The Hall–Kier alpha value is -1.37. The molecule has 1 heterocycles. The molecule has 4 rings (SSSR count). The van der Waals surface area contributed by atoms with Crippen LogP contribution < -0.4 is 0 Å². The normalized spacial score (nSPS) is 49.6. The van der Waals surface area contributed by atoms with E-state index < -0.39 is 35.2 Å². The average Bonchev–Trinajstić information content (AvgIpc) is 3.32. The van der Waals surface area contributed by atoms with E-state index in [1.807, 2.05) is 20.8 Å². The van der Waals surface area contributed by atoms with Crippen LogP contribution >= 0.6 is 0 Å². The summed E-state index contributed by atoms with van der Waals surface area (Å²) in [5.41, 5.74) is -2.36. The number of hydrogen-bond donors (Lipinski definition) is 2. The number of aliphatic hydroxyl groups excluding tert-OH is 1. The number of Topliss-reactive ketones (excluding diaryl/α,β-unsaturated/α-hetero) is 1. The van der Waals surface area contributed by atoms with Gasteiger partial charge in [0.1, 0.15) is 24.0 Å². The number of carbonyl (C=O) groups is 2. The first-order valence-electron chi connectivity index (χ1n) is 10.7. The largest absolute Gasteiger partial charge is 0.388 e. The van der Waals surface area contributed by atoms with Crippen LogP contribution in [0.3, 0.4) is 0 Å². The molecule has 5 nitrogen and oxygen atoms in total. The van der Waals surface area contributed by atoms with Gasteiger partial charge in [-0.2, -0.15) is 0 Å². The average molecular weight is 406 g/mol. The van der Waals surface area contributed by atoms with Gasteiger partial charge in [-0.3, -0.25) is 9.59 Å². The molecular weight excluding hydrogens is 375 g/mol. The highest BCUT2D eigenvalue weighted by atomic mass is 19.1. The number of ketones is 2. The Labute approximate surface area is 171 Å². The predicted molar refractivity (Wildman–Crippen MR) is 105 cm³/mol. The molecule has 4 fully saturated rings. The molecular formula is C23H31FO5. The quantitative estimate of drug-likeness (QED) is 0.542. The molecule has 3 saturated carbocycles. The van der Waals surface area contributed by atoms with E-state index in [1.54, 1.807) is 6.08 Å². The number of halogens is 1. The molecule has 2 N–H and O–H groups in total. The molecule has 0 radical (unpaired) electrons. The Kier molecular flexibility index (Phi) is 4.91. The summed E-state index contributed by atoms with van der Waals surface area (Å²) >= 11 is 0. The minimum Gasteiger partial charge on any atom is -0.388 e. The summed E-state index contributed by atoms with van der Waals surface area (Å²) in [4.78, 5) is 24.6. The van der Waals surface area contributed by atoms with Gasteiger partial charge in [0.2, 0.25) is 0 Å². The maximum atomic E-state index is 15.1. The number of rotatable bonds is 5. The highest BCUT2D eigenvalue weighted by Gasteiger charge is 2.78. The Morgan fingerprint density at radius 3 is 2.69 bits per heavy atom. The van der Waals surface area contributed by atoms with Crippen LogP contribution in [0.15, 0.2) is 23.8 Å². The maximum absolute atomic E-state index is 15.1. The molecule has 1 spiro atoms. The van der Waals surface area contributed by atoms with E-state index in [0.29, 0.717) is 24.8 Å². The number of aliphatic hydroxyl groups is 2. The van der Waals surface area contributed by atoms with Crippen LogP contribution in [0.4, 0.5) is 4.39 Å². The summed E-state index contributed by atoms with van der Waals surface area (Å²) in [7, 11) is 0. The van der Waals surface area contributed by atoms with Crippen molar-refractivity contribution in [2.75, 3.05) is 6.61 Å². The number of carbonyl (C=O) groups excluding carboxylic acids is 2. The summed E-state index contributed by atoms with van der Waals surface area (Å²) in [6.45, 7) is 4.98. The third kappa shape index (κ3) is 2.75. The van der Waals surface area contributed by atoms with E-state index in [2.05, 4.69) is 0 Å². The standard InChI is InChI=1S/C23H31FO5/c1-4-5-6-15(26)8-14-10-22-17(9-18(14)24)16-7-13(2)23(28,19(27)12-25)21(16,3)11-20(22)29-22/h5-6,8,13,16-18,20,25,28H,4,7,9-12H2,1-3H3/b6-5-,14-8+/t13-,16?,17?,18+,20+,21+,22-,23+/m1/s1. The van der Waals surface area contributed by atoms with Gasteiger partial charge in [0, 0.05) is 11.8 Å². The number of epoxide rings is 1. The Balaban J connectivity index is 1.64. The lowest BCUT2D eigenvalue weighted by atomic mass is 9.52. The van der Waals surface area contributed by atoms with Crippen LogP contribution in [0.5, 0.6) is 0 Å². The second kappa shape index (κ2) is 6.82. The molecule has 0 aromatic carbocycles. The van der Waals surface area contributed by atoms with Crippen LogP contribution in [0.2, 0.25) is 0 Å². The molecule has 1 aliphatic heterocycles. The SMILES string of the molecule is CC/C=C\C(=O)/C=C1\C[C@]23O[C@H]2C[C@@]2(C)C(C[C@@H](C)[C@]2(O)C(=O)CO)C3C[C@@H]1F. The van der Waals surface area contributed by atoms with Gasteiger partial charge < -0.3 is 14.9 Å². The van der Waals surface area contributed by atoms with Crippen LogP contribution in [0.25, 0.3) is 0 Å². The highest BCUT2D eigenvalue weighted by Crippen LogP contribution is 2.72. The van der Waals surface area contributed by atoms with Gasteiger partial charge in [0.05, 0.1) is 6.10 Å². The number of fused-ring (bicyclic) bond motifs is 2. The first-order valence-corrected chi connectivity index (χ1v) is 10.7. The lowest BCUT2D eigenvalue weighted by molar-refractivity contribution is -0.165. The molecule has 2 unspecified atom stereocenters. The van der Waals surface area contributed by atoms with Crippen molar-refractivity contribution in [3.8, 4) is 0 Å². The second-order valence-corrected chi connectivity index (χ2v) is 9.69. The fourth-order valence-corrected chi connectivity index (χ4v) is 6.84. The number of alkyl halides is 1. The number of ether oxygens (including phenoxy) is 1. The van der Waals surface area contributed by atoms with Crippen molar-refractivity contribution in [2.24, 2.45) is 23.2 Å². The highest BCUT2D eigenvalue weighted by molar-refractivity contribution is 5.99. The van der Waals surface area contributed by atoms with Crippen LogP contribution in [-0.4, -0.2) is 51.9 Å². The predicted octanol–water partition coefficient (Wildman–Crippen LogP) is 2.69. The Morgan fingerprint density at radius 1 is 1.31 bits per heavy atom. The van der Waals surface area contributed by atoms with Crippen molar-refractivity contribution in [1.82, 2.24) is 0 Å². The van der Waals surface area contributed by atoms with Crippen molar-refractivity contribution in [3.05, 3.63) is 23.8 Å². The molecule has 4 aliphatic rings. The molecule has 0 aromatic rings. The van der Waals surface area contributed by atoms with Crippen molar-refractivity contribution in [3.63, 3.8) is 0 Å². The van der Waals surface area contributed by atoms with Crippen LogP contribution in [0.1, 0.15) is 52.9 Å². The smallest absolute Gasteiger partial charge is 0.190 e. The Bertz CT molecular complexity index is 790. The van der Waals surface area contributed by atoms with Gasteiger partial charge in [-0.25, -0.2) is 4.39 Å². The lowest BCUT2D eigenvalue weighted by Gasteiger charge is -2.51. The molecule has 0 bridgehead atoms. The van der Waals surface area contributed by atoms with E-state index in [1.165, 1.54) is 12.2 Å². The molecule has 0 amide bonds. The zero-order chi connectivity index (χ0) is 21.2. The molecule has 1 saturated heterocycles. The van der Waals surface area contributed by atoms with Gasteiger partial charge >= 0.3 is 0 Å². The fourth-order valence-electron chi connectivity index (χ4n) is 6.84. The second-order valence-electron chi connectivity index (χ2n) is 9.69. The first kappa shape index (κ1) is 20.9. The van der Waals surface area contributed by atoms with Crippen LogP contribution in [0, 0.1) is 23.2 Å². The molecule has 0 aromatic heterocycles. The minimum atomic E-state index is -1.62. The summed E-state index contributed by atoms with van der Waals surface area (Å²) in [5.74, 6) is -1.23. The van der Waals surface area contributed by atoms with Gasteiger partial charge in [0.15, 0.2) is 11.6 Å². The maximum Gasteiger partial charge on any atom is 0.190 e. The zero-order valence-electron chi connectivity index (χ0n) is 17.4. The summed E-state index contributed by atoms with van der Waals surface area (Å²) in [6, 6.07) is 0. The molecule has 3 aliphatic carbocycles.